The summed E-state index contributed by atoms with van der Waals surface area (Å²) in [5.41, 5.74) is 8.33. The second-order valence-electron chi connectivity index (χ2n) is 5.81. The first-order valence-electron chi connectivity index (χ1n) is 7.97. The minimum atomic E-state index is -0.153. The molecule has 0 spiro atoms. The van der Waals surface area contributed by atoms with Crippen LogP contribution < -0.4 is 16.0 Å². The lowest BCUT2D eigenvalue weighted by molar-refractivity contribution is 0.0935. The molecule has 1 saturated heterocycles. The lowest BCUT2D eigenvalue weighted by Crippen LogP contribution is -2.27. The summed E-state index contributed by atoms with van der Waals surface area (Å²) < 4.78 is 0. The Kier molecular flexibility index (Phi) is 8.65. The number of anilines is 1. The van der Waals surface area contributed by atoms with E-state index in [4.69, 9.17) is 5.73 Å². The van der Waals surface area contributed by atoms with Gasteiger partial charge >= 0.3 is 0 Å². The van der Waals surface area contributed by atoms with E-state index in [1.54, 1.807) is 5.38 Å². The maximum absolute atomic E-state index is 12.3. The number of amides is 1. The smallest absolute Gasteiger partial charge is 0.271 e. The van der Waals surface area contributed by atoms with Gasteiger partial charge in [-0.2, -0.15) is 0 Å². The second kappa shape index (κ2) is 9.97. The average Bonchev–Trinajstić information content (AvgIpc) is 3.26. The number of rotatable bonds is 5. The summed E-state index contributed by atoms with van der Waals surface area (Å²) in [6.07, 6.45) is 2.51. The van der Waals surface area contributed by atoms with E-state index in [2.05, 4.69) is 39.5 Å². The molecule has 3 N–H and O–H groups in total. The molecule has 3 rings (SSSR count). The van der Waals surface area contributed by atoms with Gasteiger partial charge in [-0.05, 0) is 37.5 Å². The number of hydrogen-bond donors (Lipinski definition) is 2. The summed E-state index contributed by atoms with van der Waals surface area (Å²) in [5, 5.41) is 5.55. The SMILES string of the molecule is CC(NC(=O)c1csc(CN)n1)c1cccc(N2CCCC2)c1.Cl.Cl. The van der Waals surface area contributed by atoms with Crippen molar-refractivity contribution in [3.63, 3.8) is 0 Å². The van der Waals surface area contributed by atoms with Crippen LogP contribution in [0.5, 0.6) is 0 Å². The van der Waals surface area contributed by atoms with Crippen LogP contribution in [0.25, 0.3) is 0 Å². The molecule has 0 radical (unpaired) electrons. The van der Waals surface area contributed by atoms with Gasteiger partial charge in [0.1, 0.15) is 10.7 Å². The third-order valence-electron chi connectivity index (χ3n) is 4.15. The van der Waals surface area contributed by atoms with Gasteiger partial charge in [0.2, 0.25) is 0 Å². The molecule has 138 valence electrons. The van der Waals surface area contributed by atoms with Gasteiger partial charge in [0.05, 0.1) is 6.04 Å². The predicted molar refractivity (Wildman–Crippen MR) is 108 cm³/mol. The van der Waals surface area contributed by atoms with Crippen molar-refractivity contribution in [2.45, 2.75) is 32.4 Å². The molecule has 0 saturated carbocycles. The number of aromatic nitrogens is 1. The van der Waals surface area contributed by atoms with Crippen LogP contribution in [-0.4, -0.2) is 24.0 Å². The molecule has 25 heavy (non-hydrogen) atoms. The third kappa shape index (κ3) is 5.31. The van der Waals surface area contributed by atoms with Gasteiger partial charge in [0, 0.05) is 30.7 Å². The molecule has 1 aliphatic rings. The van der Waals surface area contributed by atoms with Crippen LogP contribution in [0.15, 0.2) is 29.6 Å². The molecule has 2 heterocycles. The standard InChI is InChI=1S/C17H22N4OS.2ClH/c1-12(19-17(22)15-11-23-16(10-18)20-15)13-5-4-6-14(9-13)21-7-2-3-8-21;;/h4-6,9,11-12H,2-3,7-8,10,18H2,1H3,(H,19,22);2*1H. The largest absolute Gasteiger partial charge is 0.372 e. The zero-order valence-corrected chi connectivity index (χ0v) is 16.6. The number of nitrogens with zero attached hydrogens (tertiary/aromatic N) is 2. The Morgan fingerprint density at radius 3 is 2.72 bits per heavy atom. The highest BCUT2D eigenvalue weighted by atomic mass is 35.5. The lowest BCUT2D eigenvalue weighted by Gasteiger charge is -2.20. The molecule has 5 nitrogen and oxygen atoms in total. The van der Waals surface area contributed by atoms with Crippen molar-refractivity contribution in [3.8, 4) is 0 Å². The van der Waals surface area contributed by atoms with Crippen molar-refractivity contribution >= 4 is 47.7 Å². The molecular weight excluding hydrogens is 379 g/mol. The zero-order chi connectivity index (χ0) is 16.2. The summed E-state index contributed by atoms with van der Waals surface area (Å²) in [5.74, 6) is -0.153. The summed E-state index contributed by atoms with van der Waals surface area (Å²) in [7, 11) is 0. The van der Waals surface area contributed by atoms with Gasteiger partial charge in [0.15, 0.2) is 0 Å². The first-order chi connectivity index (χ1) is 11.2. The van der Waals surface area contributed by atoms with E-state index < -0.39 is 0 Å². The van der Waals surface area contributed by atoms with Crippen molar-refractivity contribution in [2.24, 2.45) is 5.73 Å². The van der Waals surface area contributed by atoms with Crippen molar-refractivity contribution in [2.75, 3.05) is 18.0 Å². The Balaban J connectivity index is 0.00000156. The third-order valence-corrected chi connectivity index (χ3v) is 5.02. The van der Waals surface area contributed by atoms with Crippen molar-refractivity contribution in [3.05, 3.63) is 45.9 Å². The number of benzene rings is 1. The fourth-order valence-electron chi connectivity index (χ4n) is 2.83. The number of hydrogen-bond acceptors (Lipinski definition) is 5. The first-order valence-corrected chi connectivity index (χ1v) is 8.85. The molecular formula is C17H24Cl2N4OS. The Bertz CT molecular complexity index is 689. The van der Waals surface area contributed by atoms with Gasteiger partial charge in [-0.1, -0.05) is 12.1 Å². The quantitative estimate of drug-likeness (QED) is 0.801. The van der Waals surface area contributed by atoms with Crippen LogP contribution in [0.2, 0.25) is 0 Å². The molecule has 0 bridgehead atoms. The van der Waals surface area contributed by atoms with Gasteiger partial charge in [-0.3, -0.25) is 4.79 Å². The van der Waals surface area contributed by atoms with E-state index in [9.17, 15) is 4.79 Å². The number of carbonyl (C=O) groups excluding carboxylic acids is 1. The Morgan fingerprint density at radius 1 is 1.36 bits per heavy atom. The number of carbonyl (C=O) groups is 1. The monoisotopic (exact) mass is 402 g/mol. The maximum Gasteiger partial charge on any atom is 0.271 e. The fourth-order valence-corrected chi connectivity index (χ4v) is 3.48. The summed E-state index contributed by atoms with van der Waals surface area (Å²) in [6.45, 7) is 4.60. The van der Waals surface area contributed by atoms with Crippen molar-refractivity contribution in [1.29, 1.82) is 0 Å². The van der Waals surface area contributed by atoms with E-state index >= 15 is 0 Å². The summed E-state index contributed by atoms with van der Waals surface area (Å²) in [4.78, 5) is 18.9. The van der Waals surface area contributed by atoms with Crippen LogP contribution in [0.4, 0.5) is 5.69 Å². The number of halogens is 2. The van der Waals surface area contributed by atoms with Crippen LogP contribution in [0.1, 0.15) is 46.9 Å². The van der Waals surface area contributed by atoms with Crippen LogP contribution in [0.3, 0.4) is 0 Å². The van der Waals surface area contributed by atoms with Crippen LogP contribution >= 0.6 is 36.2 Å². The molecule has 1 unspecified atom stereocenters. The molecule has 8 heteroatoms. The minimum absolute atomic E-state index is 0. The van der Waals surface area contributed by atoms with E-state index in [0.29, 0.717) is 12.2 Å². The van der Waals surface area contributed by atoms with E-state index in [-0.39, 0.29) is 36.8 Å². The van der Waals surface area contributed by atoms with E-state index in [0.717, 1.165) is 23.7 Å². The molecule has 0 aliphatic carbocycles. The normalized spacial score (nSPS) is 14.4. The lowest BCUT2D eigenvalue weighted by atomic mass is 10.1. The van der Waals surface area contributed by atoms with E-state index in [1.807, 2.05) is 6.92 Å². The second-order valence-corrected chi connectivity index (χ2v) is 6.76. The van der Waals surface area contributed by atoms with Crippen molar-refractivity contribution < 1.29 is 4.79 Å². The molecule has 1 aromatic carbocycles. The molecule has 2 aromatic rings. The Labute approximate surface area is 164 Å². The van der Waals surface area contributed by atoms with Gasteiger partial charge in [-0.15, -0.1) is 36.2 Å². The highest BCUT2D eigenvalue weighted by molar-refractivity contribution is 7.09. The number of nitrogens with two attached hydrogens (primary N) is 1. The average molecular weight is 403 g/mol. The minimum Gasteiger partial charge on any atom is -0.372 e. The summed E-state index contributed by atoms with van der Waals surface area (Å²) >= 11 is 1.42. The highest BCUT2D eigenvalue weighted by Gasteiger charge is 2.16. The fraction of sp³-hybridized carbons (Fsp3) is 0.412. The Hall–Kier alpha value is -1.34. The molecule has 1 fully saturated rings. The Morgan fingerprint density at radius 2 is 2.08 bits per heavy atom. The zero-order valence-electron chi connectivity index (χ0n) is 14.1. The van der Waals surface area contributed by atoms with Crippen molar-refractivity contribution in [1.82, 2.24) is 10.3 Å². The topological polar surface area (TPSA) is 71.2 Å². The number of nitrogens with one attached hydrogen (secondary N) is 1. The molecule has 1 amide bonds. The molecule has 1 aliphatic heterocycles. The van der Waals surface area contributed by atoms with Gasteiger partial charge in [-0.25, -0.2) is 4.98 Å². The van der Waals surface area contributed by atoms with Crippen LogP contribution in [-0.2, 0) is 6.54 Å². The highest BCUT2D eigenvalue weighted by Crippen LogP contribution is 2.24. The summed E-state index contributed by atoms with van der Waals surface area (Å²) in [6, 6.07) is 8.35. The van der Waals surface area contributed by atoms with Gasteiger partial charge in [0.25, 0.3) is 5.91 Å². The van der Waals surface area contributed by atoms with Crippen LogP contribution in [0, 0.1) is 0 Å². The maximum atomic E-state index is 12.3. The molecule has 1 atom stereocenters. The predicted octanol–water partition coefficient (Wildman–Crippen LogP) is 3.54. The molecule has 1 aromatic heterocycles. The number of thiazole rings is 1. The first kappa shape index (κ1) is 21.7. The van der Waals surface area contributed by atoms with Gasteiger partial charge < -0.3 is 16.0 Å². The van der Waals surface area contributed by atoms with E-state index in [1.165, 1.54) is 29.9 Å².